The van der Waals surface area contributed by atoms with Crippen molar-refractivity contribution in [1.82, 2.24) is 9.91 Å². The molecule has 168 valence electrons. The van der Waals surface area contributed by atoms with Crippen LogP contribution in [0.1, 0.15) is 55.3 Å². The Morgan fingerprint density at radius 3 is 2.56 bits per heavy atom. The lowest BCUT2D eigenvalue weighted by atomic mass is 9.97. The highest BCUT2D eigenvalue weighted by atomic mass is 16.6. The molecule has 0 aliphatic carbocycles. The van der Waals surface area contributed by atoms with Crippen LogP contribution in [-0.4, -0.2) is 46.1 Å². The van der Waals surface area contributed by atoms with E-state index < -0.39 is 4.92 Å². The molecular weight excluding hydrogens is 404 g/mol. The highest BCUT2D eigenvalue weighted by molar-refractivity contribution is 6.03. The van der Waals surface area contributed by atoms with E-state index in [2.05, 4.69) is 11.8 Å². The fourth-order valence-corrected chi connectivity index (χ4v) is 4.42. The van der Waals surface area contributed by atoms with E-state index in [9.17, 15) is 14.9 Å². The summed E-state index contributed by atoms with van der Waals surface area (Å²) in [5, 5.41) is 17.6. The maximum atomic E-state index is 13.2. The molecule has 0 saturated carbocycles. The molecule has 2 aliphatic heterocycles. The van der Waals surface area contributed by atoms with Gasteiger partial charge in [0, 0.05) is 31.5 Å². The standard InChI is InChI=1S/C25H30N4O3/c1-18-6-8-20(9-7-18)23-17-24(21-4-3-5-22(16-21)29(31)32)28(26-23)25(30)12-15-27-13-10-19(2)11-14-27/h3-9,16,19,24H,10-15,17H2,1-2H3. The topological polar surface area (TPSA) is 79.0 Å². The van der Waals surface area contributed by atoms with Gasteiger partial charge in [0.05, 0.1) is 16.7 Å². The second-order valence-corrected chi connectivity index (χ2v) is 9.00. The van der Waals surface area contributed by atoms with Crippen LogP contribution in [0, 0.1) is 23.0 Å². The van der Waals surface area contributed by atoms with Crippen molar-refractivity contribution in [3.05, 3.63) is 75.3 Å². The number of rotatable bonds is 6. The molecule has 1 saturated heterocycles. The molecule has 0 bridgehead atoms. The van der Waals surface area contributed by atoms with E-state index in [0.717, 1.165) is 48.0 Å². The zero-order valence-corrected chi connectivity index (χ0v) is 18.7. The van der Waals surface area contributed by atoms with Gasteiger partial charge in [-0.3, -0.25) is 14.9 Å². The zero-order chi connectivity index (χ0) is 22.7. The molecule has 1 unspecified atom stereocenters. The predicted octanol–water partition coefficient (Wildman–Crippen LogP) is 4.70. The van der Waals surface area contributed by atoms with Crippen molar-refractivity contribution in [2.24, 2.45) is 11.0 Å². The lowest BCUT2D eigenvalue weighted by Gasteiger charge is -2.30. The van der Waals surface area contributed by atoms with Crippen molar-refractivity contribution in [3.63, 3.8) is 0 Å². The maximum Gasteiger partial charge on any atom is 0.269 e. The summed E-state index contributed by atoms with van der Waals surface area (Å²) in [7, 11) is 0. The summed E-state index contributed by atoms with van der Waals surface area (Å²) in [6.07, 6.45) is 3.27. The van der Waals surface area contributed by atoms with Crippen molar-refractivity contribution < 1.29 is 9.72 Å². The molecule has 0 spiro atoms. The number of nitro groups is 1. The third kappa shape index (κ3) is 5.05. The number of likely N-dealkylation sites (tertiary alicyclic amines) is 1. The predicted molar refractivity (Wildman–Crippen MR) is 124 cm³/mol. The third-order valence-corrected chi connectivity index (χ3v) is 6.53. The first-order valence-corrected chi connectivity index (χ1v) is 11.3. The largest absolute Gasteiger partial charge is 0.303 e. The number of carbonyl (C=O) groups excluding carboxylic acids is 1. The highest BCUT2D eigenvalue weighted by Gasteiger charge is 2.34. The zero-order valence-electron chi connectivity index (χ0n) is 18.7. The summed E-state index contributed by atoms with van der Waals surface area (Å²) in [5.41, 5.74) is 3.74. The normalized spacial score (nSPS) is 19.8. The summed E-state index contributed by atoms with van der Waals surface area (Å²) < 4.78 is 0. The fraction of sp³-hybridized carbons (Fsp3) is 0.440. The smallest absolute Gasteiger partial charge is 0.269 e. The van der Waals surface area contributed by atoms with Gasteiger partial charge in [0.1, 0.15) is 0 Å². The van der Waals surface area contributed by atoms with Gasteiger partial charge in [0.2, 0.25) is 5.91 Å². The van der Waals surface area contributed by atoms with Gasteiger partial charge in [-0.25, -0.2) is 5.01 Å². The van der Waals surface area contributed by atoms with Crippen molar-refractivity contribution in [1.29, 1.82) is 0 Å². The fourth-order valence-electron chi connectivity index (χ4n) is 4.42. The van der Waals surface area contributed by atoms with Crippen molar-refractivity contribution in [2.45, 2.75) is 45.6 Å². The van der Waals surface area contributed by atoms with Gasteiger partial charge in [-0.1, -0.05) is 48.9 Å². The van der Waals surface area contributed by atoms with Crippen LogP contribution in [0.3, 0.4) is 0 Å². The summed E-state index contributed by atoms with van der Waals surface area (Å²) in [4.78, 5) is 26.5. The number of non-ortho nitro benzene ring substituents is 1. The molecule has 4 rings (SSSR count). The summed E-state index contributed by atoms with van der Waals surface area (Å²) in [5.74, 6) is 0.711. The summed E-state index contributed by atoms with van der Waals surface area (Å²) in [6, 6.07) is 14.3. The van der Waals surface area contributed by atoms with E-state index >= 15 is 0 Å². The molecule has 2 aliphatic rings. The Morgan fingerprint density at radius 1 is 1.16 bits per heavy atom. The molecule has 7 nitrogen and oxygen atoms in total. The van der Waals surface area contributed by atoms with Crippen LogP contribution in [-0.2, 0) is 4.79 Å². The Labute approximate surface area is 188 Å². The van der Waals surface area contributed by atoms with Gasteiger partial charge in [-0.2, -0.15) is 5.10 Å². The lowest BCUT2D eigenvalue weighted by molar-refractivity contribution is -0.384. The minimum Gasteiger partial charge on any atom is -0.303 e. The Hall–Kier alpha value is -3.06. The number of hydrazone groups is 1. The van der Waals surface area contributed by atoms with Crippen LogP contribution < -0.4 is 0 Å². The van der Waals surface area contributed by atoms with Gasteiger partial charge >= 0.3 is 0 Å². The monoisotopic (exact) mass is 434 g/mol. The molecule has 1 fully saturated rings. The summed E-state index contributed by atoms with van der Waals surface area (Å²) in [6.45, 7) is 7.08. The van der Waals surface area contributed by atoms with Crippen molar-refractivity contribution >= 4 is 17.3 Å². The number of piperidine rings is 1. The SMILES string of the molecule is Cc1ccc(C2=NN(C(=O)CCN3CCC(C)CC3)C(c3cccc([N+](=O)[O-])c3)C2)cc1. The number of hydrogen-bond acceptors (Lipinski definition) is 5. The molecule has 32 heavy (non-hydrogen) atoms. The quantitative estimate of drug-likeness (QED) is 0.487. The lowest BCUT2D eigenvalue weighted by Crippen LogP contribution is -2.36. The Bertz CT molecular complexity index is 1010. The second-order valence-electron chi connectivity index (χ2n) is 9.00. The average molecular weight is 435 g/mol. The van der Waals surface area contributed by atoms with Crippen molar-refractivity contribution in [2.75, 3.05) is 19.6 Å². The third-order valence-electron chi connectivity index (χ3n) is 6.53. The van der Waals surface area contributed by atoms with Crippen molar-refractivity contribution in [3.8, 4) is 0 Å². The first-order chi connectivity index (χ1) is 15.4. The minimum atomic E-state index is -0.399. The Kier molecular flexibility index (Phi) is 6.65. The van der Waals surface area contributed by atoms with Crippen LogP contribution in [0.2, 0.25) is 0 Å². The van der Waals surface area contributed by atoms with E-state index in [1.165, 1.54) is 18.9 Å². The van der Waals surface area contributed by atoms with Gasteiger partial charge in [0.25, 0.3) is 5.69 Å². The molecule has 2 aromatic carbocycles. The first kappa shape index (κ1) is 22.1. The number of hydrogen-bond donors (Lipinski definition) is 0. The van der Waals surface area contributed by atoms with E-state index in [1.54, 1.807) is 17.1 Å². The summed E-state index contributed by atoms with van der Waals surface area (Å²) >= 11 is 0. The van der Waals surface area contributed by atoms with E-state index in [-0.39, 0.29) is 17.6 Å². The van der Waals surface area contributed by atoms with E-state index in [0.29, 0.717) is 12.8 Å². The van der Waals surface area contributed by atoms with Crippen LogP contribution in [0.4, 0.5) is 5.69 Å². The molecule has 0 radical (unpaired) electrons. The number of amides is 1. The van der Waals surface area contributed by atoms with Crippen LogP contribution >= 0.6 is 0 Å². The maximum absolute atomic E-state index is 13.2. The van der Waals surface area contributed by atoms with Crippen LogP contribution in [0.15, 0.2) is 53.6 Å². The average Bonchev–Trinajstić information content (AvgIpc) is 3.25. The molecule has 0 N–H and O–H groups in total. The molecule has 2 aromatic rings. The number of benzene rings is 2. The number of aryl methyl sites for hydroxylation is 1. The van der Waals surface area contributed by atoms with E-state index in [1.807, 2.05) is 37.3 Å². The number of nitro benzene ring substituents is 1. The molecule has 0 aromatic heterocycles. The highest BCUT2D eigenvalue weighted by Crippen LogP contribution is 2.34. The Morgan fingerprint density at radius 2 is 1.88 bits per heavy atom. The van der Waals surface area contributed by atoms with E-state index in [4.69, 9.17) is 5.10 Å². The molecule has 7 heteroatoms. The molecule has 2 heterocycles. The van der Waals surface area contributed by atoms with Gasteiger partial charge < -0.3 is 4.90 Å². The first-order valence-electron chi connectivity index (χ1n) is 11.3. The van der Waals surface area contributed by atoms with Crippen LogP contribution in [0.5, 0.6) is 0 Å². The van der Waals surface area contributed by atoms with Gasteiger partial charge in [-0.05, 0) is 49.9 Å². The number of carbonyl (C=O) groups is 1. The molecule has 1 atom stereocenters. The Balaban J connectivity index is 1.55. The second kappa shape index (κ2) is 9.61. The number of nitrogens with zero attached hydrogens (tertiary/aromatic N) is 4. The van der Waals surface area contributed by atoms with Crippen LogP contribution in [0.25, 0.3) is 0 Å². The minimum absolute atomic E-state index is 0.0288. The van der Waals surface area contributed by atoms with Gasteiger partial charge in [-0.15, -0.1) is 0 Å². The molecular formula is C25H30N4O3. The van der Waals surface area contributed by atoms with Gasteiger partial charge in [0.15, 0.2) is 0 Å². The molecule has 1 amide bonds.